The zero-order chi connectivity index (χ0) is 9.56. The second kappa shape index (κ2) is 5.55. The van der Waals surface area contributed by atoms with E-state index in [2.05, 4.69) is 18.5 Å². The van der Waals surface area contributed by atoms with Crippen molar-refractivity contribution in [3.8, 4) is 0 Å². The van der Waals surface area contributed by atoms with Crippen molar-refractivity contribution in [2.45, 2.75) is 25.4 Å². The predicted octanol–water partition coefficient (Wildman–Crippen LogP) is 0.581. The Balaban J connectivity index is 3.85. The summed E-state index contributed by atoms with van der Waals surface area (Å²) in [5.74, 6) is -0.165. The van der Waals surface area contributed by atoms with Crippen LogP contribution >= 0.6 is 0 Å². The van der Waals surface area contributed by atoms with Gasteiger partial charge in [0.05, 0.1) is 6.04 Å². The second-order valence-electron chi connectivity index (χ2n) is 2.66. The maximum Gasteiger partial charge on any atom is 0.237 e. The number of hydrogen-bond donors (Lipinski definition) is 2. The second-order valence-corrected chi connectivity index (χ2v) is 2.66. The van der Waals surface area contributed by atoms with Gasteiger partial charge in [0.2, 0.25) is 5.91 Å². The van der Waals surface area contributed by atoms with E-state index in [1.165, 1.54) is 0 Å². The number of rotatable bonds is 5. The van der Waals surface area contributed by atoms with Gasteiger partial charge in [-0.15, -0.1) is 13.2 Å². The van der Waals surface area contributed by atoms with Gasteiger partial charge < -0.3 is 11.1 Å². The average molecular weight is 168 g/mol. The minimum Gasteiger partial charge on any atom is -0.349 e. The van der Waals surface area contributed by atoms with Gasteiger partial charge in [0.25, 0.3) is 0 Å². The third kappa shape index (κ3) is 3.93. The third-order valence-electron chi connectivity index (χ3n) is 1.48. The molecule has 3 heteroatoms. The highest BCUT2D eigenvalue weighted by Gasteiger charge is 2.11. The van der Waals surface area contributed by atoms with E-state index >= 15 is 0 Å². The van der Waals surface area contributed by atoms with Crippen LogP contribution in [0.1, 0.15) is 13.3 Å². The van der Waals surface area contributed by atoms with Crippen molar-refractivity contribution >= 4 is 5.91 Å². The van der Waals surface area contributed by atoms with E-state index in [-0.39, 0.29) is 11.9 Å². The van der Waals surface area contributed by atoms with Crippen LogP contribution in [0.25, 0.3) is 0 Å². The Morgan fingerprint density at radius 1 is 1.67 bits per heavy atom. The van der Waals surface area contributed by atoms with Gasteiger partial charge in [-0.05, 0) is 13.3 Å². The quantitative estimate of drug-likeness (QED) is 0.590. The van der Waals surface area contributed by atoms with E-state index in [1.54, 1.807) is 12.2 Å². The van der Waals surface area contributed by atoms with E-state index in [9.17, 15) is 4.79 Å². The van der Waals surface area contributed by atoms with Crippen molar-refractivity contribution in [3.05, 3.63) is 25.3 Å². The lowest BCUT2D eigenvalue weighted by molar-refractivity contribution is -0.122. The monoisotopic (exact) mass is 168 g/mol. The molecule has 0 fully saturated rings. The van der Waals surface area contributed by atoms with Gasteiger partial charge >= 0.3 is 0 Å². The van der Waals surface area contributed by atoms with Crippen molar-refractivity contribution in [2.24, 2.45) is 5.73 Å². The molecule has 12 heavy (non-hydrogen) atoms. The Labute approximate surface area is 73.3 Å². The summed E-state index contributed by atoms with van der Waals surface area (Å²) in [7, 11) is 0. The van der Waals surface area contributed by atoms with Crippen LogP contribution in [-0.4, -0.2) is 18.0 Å². The summed E-state index contributed by atoms with van der Waals surface area (Å²) in [5.41, 5.74) is 5.51. The zero-order valence-corrected chi connectivity index (χ0v) is 7.42. The maximum atomic E-state index is 11.2. The van der Waals surface area contributed by atoms with Gasteiger partial charge in [-0.1, -0.05) is 12.2 Å². The molecule has 0 rings (SSSR count). The molecule has 0 saturated heterocycles. The molecule has 0 aliphatic carbocycles. The fourth-order valence-corrected chi connectivity index (χ4v) is 0.677. The normalized spacial score (nSPS) is 14.5. The van der Waals surface area contributed by atoms with Gasteiger partial charge in [-0.2, -0.15) is 0 Å². The van der Waals surface area contributed by atoms with Crippen molar-refractivity contribution in [1.29, 1.82) is 0 Å². The summed E-state index contributed by atoms with van der Waals surface area (Å²) in [4.78, 5) is 11.2. The molecule has 0 aliphatic heterocycles. The van der Waals surface area contributed by atoms with Crippen LogP contribution in [-0.2, 0) is 4.79 Å². The molecule has 0 spiro atoms. The first-order valence-electron chi connectivity index (χ1n) is 3.91. The first-order valence-corrected chi connectivity index (χ1v) is 3.91. The molecule has 2 unspecified atom stereocenters. The molecular formula is C9H16N2O. The summed E-state index contributed by atoms with van der Waals surface area (Å²) in [6.07, 6.45) is 3.77. The molecular weight excluding hydrogens is 152 g/mol. The van der Waals surface area contributed by atoms with Gasteiger partial charge in [-0.25, -0.2) is 0 Å². The van der Waals surface area contributed by atoms with E-state index < -0.39 is 6.04 Å². The average Bonchev–Trinajstić information content (AvgIpc) is 2.04. The van der Waals surface area contributed by atoms with E-state index in [1.807, 2.05) is 6.92 Å². The van der Waals surface area contributed by atoms with E-state index in [0.717, 1.165) is 0 Å². The lowest BCUT2D eigenvalue weighted by Gasteiger charge is -2.13. The maximum absolute atomic E-state index is 11.2. The lowest BCUT2D eigenvalue weighted by atomic mass is 10.2. The highest BCUT2D eigenvalue weighted by Crippen LogP contribution is 1.90. The Hall–Kier alpha value is -1.09. The van der Waals surface area contributed by atoms with Crippen molar-refractivity contribution in [3.63, 3.8) is 0 Å². The SMILES string of the molecule is C=CCC(N)C(=O)NC(C)C=C. The highest BCUT2D eigenvalue weighted by atomic mass is 16.2. The van der Waals surface area contributed by atoms with Gasteiger partial charge in [0.15, 0.2) is 0 Å². The molecule has 0 aliphatic rings. The fourth-order valence-electron chi connectivity index (χ4n) is 0.677. The summed E-state index contributed by atoms with van der Waals surface area (Å²) < 4.78 is 0. The summed E-state index contributed by atoms with van der Waals surface area (Å²) >= 11 is 0. The van der Waals surface area contributed by atoms with Crippen molar-refractivity contribution in [2.75, 3.05) is 0 Å². The summed E-state index contributed by atoms with van der Waals surface area (Å²) in [6.45, 7) is 8.88. The van der Waals surface area contributed by atoms with Crippen LogP contribution in [0.5, 0.6) is 0 Å². The first-order chi connectivity index (χ1) is 5.61. The van der Waals surface area contributed by atoms with Gasteiger partial charge in [0, 0.05) is 6.04 Å². The molecule has 0 aromatic heterocycles. The number of nitrogens with one attached hydrogen (secondary N) is 1. The fraction of sp³-hybridized carbons (Fsp3) is 0.444. The van der Waals surface area contributed by atoms with E-state index in [4.69, 9.17) is 5.73 Å². The minimum absolute atomic E-state index is 0.0339. The first kappa shape index (κ1) is 10.9. The predicted molar refractivity (Wildman–Crippen MR) is 50.6 cm³/mol. The smallest absolute Gasteiger partial charge is 0.237 e. The Morgan fingerprint density at radius 2 is 2.25 bits per heavy atom. The molecule has 0 radical (unpaired) electrons. The largest absolute Gasteiger partial charge is 0.349 e. The molecule has 1 amide bonds. The number of carbonyl (C=O) groups is 1. The number of carbonyl (C=O) groups excluding carboxylic acids is 1. The minimum atomic E-state index is -0.495. The highest BCUT2D eigenvalue weighted by molar-refractivity contribution is 5.82. The van der Waals surface area contributed by atoms with Crippen molar-refractivity contribution in [1.82, 2.24) is 5.32 Å². The van der Waals surface area contributed by atoms with Crippen LogP contribution in [0, 0.1) is 0 Å². The number of nitrogens with two attached hydrogens (primary N) is 1. The number of amides is 1. The topological polar surface area (TPSA) is 55.1 Å². The van der Waals surface area contributed by atoms with Crippen LogP contribution in [0.2, 0.25) is 0 Å². The summed E-state index contributed by atoms with van der Waals surface area (Å²) in [6, 6.07) is -0.529. The van der Waals surface area contributed by atoms with Crippen LogP contribution in [0.15, 0.2) is 25.3 Å². The standard InChI is InChI=1S/C9H16N2O/c1-4-6-8(10)9(12)11-7(3)5-2/h4-5,7-8H,1-2,6,10H2,3H3,(H,11,12). The number of hydrogen-bond acceptors (Lipinski definition) is 2. The van der Waals surface area contributed by atoms with Crippen LogP contribution in [0.4, 0.5) is 0 Å². The van der Waals surface area contributed by atoms with Gasteiger partial charge in [-0.3, -0.25) is 4.79 Å². The lowest BCUT2D eigenvalue weighted by Crippen LogP contribution is -2.43. The van der Waals surface area contributed by atoms with Crippen molar-refractivity contribution < 1.29 is 4.79 Å². The van der Waals surface area contributed by atoms with Crippen LogP contribution in [0.3, 0.4) is 0 Å². The third-order valence-corrected chi connectivity index (χ3v) is 1.48. The Bertz CT molecular complexity index is 177. The molecule has 0 saturated carbocycles. The zero-order valence-electron chi connectivity index (χ0n) is 7.42. The Kier molecular flexibility index (Phi) is 5.04. The molecule has 3 N–H and O–H groups in total. The van der Waals surface area contributed by atoms with E-state index in [0.29, 0.717) is 6.42 Å². The molecule has 0 heterocycles. The molecule has 2 atom stereocenters. The Morgan fingerprint density at radius 3 is 2.67 bits per heavy atom. The molecule has 0 aromatic carbocycles. The summed E-state index contributed by atoms with van der Waals surface area (Å²) in [5, 5.41) is 2.68. The molecule has 0 bridgehead atoms. The molecule has 68 valence electrons. The van der Waals surface area contributed by atoms with Gasteiger partial charge in [0.1, 0.15) is 0 Å². The van der Waals surface area contributed by atoms with Crippen LogP contribution < -0.4 is 11.1 Å². The molecule has 3 nitrogen and oxygen atoms in total. The molecule has 0 aromatic rings.